The number of hydrogen-bond donors (Lipinski definition) is 5. The summed E-state index contributed by atoms with van der Waals surface area (Å²) in [6.45, 7) is 47.3. The maximum Gasteiger partial charge on any atom is 0.295 e. The minimum Gasteiger partial charge on any atom is -1.00 e. The molecule has 0 saturated heterocycles. The molecule has 18 rings (SSSR count). The fraction of sp³-hybridized carbons (Fsp3) is 0.357. The molecule has 9 aromatic carbocycles. The smallest absolute Gasteiger partial charge is 0.295 e. The van der Waals surface area contributed by atoms with Crippen molar-refractivity contribution >= 4 is 97.0 Å². The van der Waals surface area contributed by atoms with Gasteiger partial charge in [-0.25, -0.2) is 0 Å². The van der Waals surface area contributed by atoms with Gasteiger partial charge in [0, 0.05) is 154 Å². The molecule has 19 nitrogen and oxygen atoms in total. The van der Waals surface area contributed by atoms with Crippen LogP contribution in [0.5, 0.6) is 17.2 Å². The molecule has 6 aliphatic heterocycles. The number of ether oxygens (including phenoxy) is 2. The lowest BCUT2D eigenvalue weighted by atomic mass is 9.81. The van der Waals surface area contributed by atoms with Gasteiger partial charge in [0.25, 0.3) is 11.4 Å². The molecule has 23 heteroatoms. The molecule has 784 valence electrons. The normalized spacial score (nSPS) is 19.3. The molecular formula is C126H150ClI3N12O7. The van der Waals surface area contributed by atoms with Crippen molar-refractivity contribution in [3.63, 3.8) is 0 Å². The van der Waals surface area contributed by atoms with E-state index in [2.05, 4.69) is 372 Å². The number of phenolic OH excluding ortho intramolecular Hbond substituents is 1. The lowest BCUT2D eigenvalue weighted by Crippen LogP contribution is -3.00. The van der Waals surface area contributed by atoms with Crippen LogP contribution >= 0.6 is 11.6 Å². The zero-order valence-electron chi connectivity index (χ0n) is 90.1. The second kappa shape index (κ2) is 49.5. The lowest BCUT2D eigenvalue weighted by molar-refractivity contribution is -0.437. The first-order valence-corrected chi connectivity index (χ1v) is 53.0. The molecule has 0 fully saturated rings. The predicted molar refractivity (Wildman–Crippen MR) is 608 cm³/mol. The maximum absolute atomic E-state index is 11.8. The van der Waals surface area contributed by atoms with E-state index in [9.17, 15) is 20.2 Å². The van der Waals surface area contributed by atoms with Gasteiger partial charge in [-0.2, -0.15) is 13.7 Å². The van der Waals surface area contributed by atoms with E-state index in [1.807, 2.05) is 18.2 Å². The number of hydrogen-bond acceptors (Lipinski definition) is 14. The summed E-state index contributed by atoms with van der Waals surface area (Å²) in [6.07, 6.45) is 42.8. The number of fused-ring (bicyclic) bond motifs is 6. The highest BCUT2D eigenvalue weighted by Gasteiger charge is 2.49. The molecule has 6 heterocycles. The first kappa shape index (κ1) is 116. The number of halogens is 4. The van der Waals surface area contributed by atoms with E-state index in [-0.39, 0.29) is 133 Å². The number of para-hydroxylation sites is 6. The quantitative estimate of drug-likeness (QED) is 0.00803. The van der Waals surface area contributed by atoms with Gasteiger partial charge < -0.3 is 124 Å². The lowest BCUT2D eigenvalue weighted by Gasteiger charge is -2.27. The average molecular weight is 2360 g/mol. The highest BCUT2D eigenvalue weighted by molar-refractivity contribution is 6.32. The van der Waals surface area contributed by atoms with Crippen LogP contribution < -0.4 is 119 Å². The van der Waals surface area contributed by atoms with Gasteiger partial charge in [0.2, 0.25) is 17.1 Å². The summed E-state index contributed by atoms with van der Waals surface area (Å²) in [6, 6.07) is 66.6. The summed E-state index contributed by atoms with van der Waals surface area (Å²) in [5, 5.41) is 31.7. The molecular weight excluding hydrogens is 2210 g/mol. The first-order valence-electron chi connectivity index (χ1n) is 52.6. The number of aromatic hydroxyl groups is 1. The number of nitro groups is 2. The van der Waals surface area contributed by atoms with E-state index in [1.165, 1.54) is 142 Å². The summed E-state index contributed by atoms with van der Waals surface area (Å²) in [5.41, 5.74) is 54.8. The van der Waals surface area contributed by atoms with Crippen molar-refractivity contribution < 1.29 is 110 Å². The zero-order chi connectivity index (χ0) is 104. The van der Waals surface area contributed by atoms with E-state index in [0.717, 1.165) is 169 Å². The molecule has 9 aromatic rings. The number of phenols is 1. The Bertz CT molecular complexity index is 7040. The van der Waals surface area contributed by atoms with Crippen LogP contribution in [0.25, 0.3) is 0 Å². The van der Waals surface area contributed by atoms with Crippen LogP contribution in [0.2, 0.25) is 0 Å². The molecule has 0 amide bonds. The Morgan fingerprint density at radius 1 is 0.349 bits per heavy atom. The summed E-state index contributed by atoms with van der Waals surface area (Å²) in [4.78, 5) is 28.3. The Kier molecular flexibility index (Phi) is 38.5. The van der Waals surface area contributed by atoms with Crippen LogP contribution in [0, 0.1) is 20.2 Å². The molecule has 0 unspecified atom stereocenters. The molecule has 0 saturated carbocycles. The molecule has 0 aromatic heterocycles. The van der Waals surface area contributed by atoms with Crippen LogP contribution in [0.15, 0.2) is 340 Å². The Morgan fingerprint density at radius 2 is 0.651 bits per heavy atom. The van der Waals surface area contributed by atoms with Gasteiger partial charge in [-0.15, -0.1) is 0 Å². The number of allylic oxidation sites excluding steroid dienone is 22. The van der Waals surface area contributed by atoms with Gasteiger partial charge >= 0.3 is 0 Å². The Labute approximate surface area is 940 Å². The second-order valence-electron chi connectivity index (χ2n) is 42.7. The highest BCUT2D eigenvalue weighted by Crippen LogP contribution is 2.54. The zero-order valence-corrected chi connectivity index (χ0v) is 97.4. The molecule has 9 aliphatic rings. The minimum atomic E-state index is -0.644. The van der Waals surface area contributed by atoms with E-state index >= 15 is 0 Å². The first-order chi connectivity index (χ1) is 69.9. The molecule has 0 bridgehead atoms. The third-order valence-electron chi connectivity index (χ3n) is 30.4. The number of nitrogens with two attached hydrogens (primary N) is 4. The van der Waals surface area contributed by atoms with E-state index in [0.29, 0.717) is 22.9 Å². The van der Waals surface area contributed by atoms with Gasteiger partial charge in [-0.1, -0.05) is 228 Å². The van der Waals surface area contributed by atoms with Crippen molar-refractivity contribution in [1.29, 1.82) is 0 Å². The standard InChI is InChI=1S/C42H49N4O3.C42H51N4O.C36H44ClN2.C6H6N2O3.3HI/c1-7-26-44-35-18-11-9-16-32(35)41(3,4)38(44)24-20-29-14-13-15-30(40(29)49-31-22-23-34(43)37(28-31)46(47)48)21-25-39-42(5,6)33-17-10-12-19-36(33)45(39)27-8-2;1-7-26-45-36-18-11-9-16-32(36)41(3,4)38(45)24-20-29-14-13-15-30(40(29)47-31-22-23-34(43)35(44)28-31)21-25-39-42(5,6)33-17-10-12-19-37(33)46(39)27-8-2;1-7-24-38-30-18-11-9-16-28(30)35(3,4)32(38)22-20-26-14-13-15-27(34(26)37)21-23-33-36(5,6)29-17-10-12-19-31(29)39(33)25-8-2;7-5-2-1-4(9)3-6(5)8(10)11;;;/h9-12,16-25,28H,7-8,13-15,26-27,43H2,1-6H3;9-12,16-25,28H,7-8,13-15,26-27,43-44H2,1-6H3;9-12,16-23H,7-8,13-15,24-25H2,1-6H3;1-3,9H,7H2;3*1H/q3*+1;;;;/p-3. The second-order valence-corrected chi connectivity index (χ2v) is 43.1. The molecule has 9 N–H and O–H groups in total. The number of nitro benzene ring substituents is 2. The van der Waals surface area contributed by atoms with Crippen molar-refractivity contribution in [3.8, 4) is 17.2 Å². The monoisotopic (exact) mass is 2360 g/mol. The van der Waals surface area contributed by atoms with Crippen LogP contribution in [-0.2, 0) is 32.5 Å². The largest absolute Gasteiger partial charge is 1.00 e. The summed E-state index contributed by atoms with van der Waals surface area (Å²) in [7, 11) is 0. The van der Waals surface area contributed by atoms with Crippen LogP contribution in [0.1, 0.15) is 254 Å². The molecule has 0 spiro atoms. The summed E-state index contributed by atoms with van der Waals surface area (Å²) in [5.74, 6) is 2.61. The van der Waals surface area contributed by atoms with Gasteiger partial charge in [0.1, 0.15) is 59.8 Å². The maximum atomic E-state index is 11.8. The van der Waals surface area contributed by atoms with Crippen molar-refractivity contribution in [3.05, 3.63) is 394 Å². The van der Waals surface area contributed by atoms with E-state index in [4.69, 9.17) is 49.1 Å². The Morgan fingerprint density at radius 3 is 0.993 bits per heavy atom. The summed E-state index contributed by atoms with van der Waals surface area (Å²) >= 11 is 7.13. The molecule has 149 heavy (non-hydrogen) atoms. The number of nitrogen functional groups attached to an aromatic ring is 4. The fourth-order valence-electron chi connectivity index (χ4n) is 22.9. The Hall–Kier alpha value is -11.9. The van der Waals surface area contributed by atoms with Crippen LogP contribution in [-0.4, -0.2) is 85.1 Å². The minimum absolute atomic E-state index is 0. The number of nitrogens with zero attached hydrogens (tertiary/aromatic N) is 8. The van der Waals surface area contributed by atoms with Gasteiger partial charge in [-0.3, -0.25) is 20.2 Å². The molecule has 3 aliphatic carbocycles. The molecule has 0 radical (unpaired) electrons. The van der Waals surface area contributed by atoms with Gasteiger partial charge in [0.15, 0.2) is 17.1 Å². The third-order valence-corrected chi connectivity index (χ3v) is 30.9. The van der Waals surface area contributed by atoms with Crippen molar-refractivity contribution in [2.75, 3.05) is 76.9 Å². The van der Waals surface area contributed by atoms with Crippen LogP contribution in [0.4, 0.5) is 68.2 Å². The number of rotatable bonds is 27. The van der Waals surface area contributed by atoms with E-state index < -0.39 is 9.85 Å². The van der Waals surface area contributed by atoms with Crippen molar-refractivity contribution in [2.45, 2.75) is 253 Å². The average Bonchev–Trinajstić information content (AvgIpc) is 1.62. The predicted octanol–water partition coefficient (Wildman–Crippen LogP) is 21.4. The van der Waals surface area contributed by atoms with Crippen LogP contribution in [0.3, 0.4) is 0 Å². The van der Waals surface area contributed by atoms with Gasteiger partial charge in [-0.05, 0) is 254 Å². The van der Waals surface area contributed by atoms with Crippen molar-refractivity contribution in [1.82, 2.24) is 0 Å². The number of benzene rings is 9. The number of anilines is 7. The fourth-order valence-corrected chi connectivity index (χ4v) is 23.2. The van der Waals surface area contributed by atoms with Gasteiger partial charge in [0.05, 0.1) is 49.6 Å². The third kappa shape index (κ3) is 24.1. The SMILES string of the molecule is CCCN1/C(=C/C=C2\CCCC(/C=C/C3=[N+](CCC)c4ccccc4C3(C)C)=C2Cl)C(C)(C)c2ccccc21.CCCN1/C(=C/C=C2\CCCC(/C=C/C3=[N+](CCC)c4ccccc4C3(C)C)=C2Oc2ccc(N)c(N)c2)C(C)(C)c2ccccc21.CCCN1/C(=C/C=C2\CCCC(/C=C/C3=[N+](CCC)c4ccccc4C3(C)C)=C2Oc2ccc(N)c([N+](=O)[O-])c2)C(C)(C)c2ccccc21.Nc1ccc(O)cc1[N+](=O)[O-].[I-].[I-].[I-]. The topological polar surface area (TPSA) is 248 Å². The highest BCUT2D eigenvalue weighted by atomic mass is 127. The molecule has 0 atom stereocenters. The van der Waals surface area contributed by atoms with E-state index in [1.54, 1.807) is 12.1 Å². The Balaban J connectivity index is 0.000000187. The van der Waals surface area contributed by atoms with Crippen molar-refractivity contribution in [2.24, 2.45) is 0 Å². The summed E-state index contributed by atoms with van der Waals surface area (Å²) < 4.78 is 20.9.